The Kier molecular flexibility index (Phi) is 3.72. The van der Waals surface area contributed by atoms with Crippen molar-refractivity contribution in [2.45, 2.75) is 19.4 Å². The van der Waals surface area contributed by atoms with Crippen LogP contribution in [0.2, 0.25) is 0 Å². The molecule has 0 atom stereocenters. The molecule has 2 aliphatic heterocycles. The Balaban J connectivity index is 1.55. The predicted octanol–water partition coefficient (Wildman–Crippen LogP) is 2.41. The number of amides is 2. The highest BCUT2D eigenvalue weighted by atomic mass is 16.7. The number of ether oxygens (including phenoxy) is 3. The molecule has 0 fully saturated rings. The van der Waals surface area contributed by atoms with Gasteiger partial charge >= 0.3 is 0 Å². The van der Waals surface area contributed by atoms with Crippen molar-refractivity contribution in [2.24, 2.45) is 0 Å². The number of fused-ring (bicyclic) bond motifs is 2. The van der Waals surface area contributed by atoms with Crippen molar-refractivity contribution >= 4 is 17.5 Å². The molecule has 2 N–H and O–H groups in total. The topological polar surface area (TPSA) is 85.9 Å². The summed E-state index contributed by atoms with van der Waals surface area (Å²) in [5.74, 6) is 1.42. The van der Waals surface area contributed by atoms with Crippen LogP contribution in [0.5, 0.6) is 17.2 Å². The van der Waals surface area contributed by atoms with Gasteiger partial charge in [0.15, 0.2) is 18.1 Å². The highest BCUT2D eigenvalue weighted by Gasteiger charge is 2.27. The van der Waals surface area contributed by atoms with E-state index in [-0.39, 0.29) is 25.2 Å². The number of hydrogen-bond donors (Lipinski definition) is 2. The highest BCUT2D eigenvalue weighted by molar-refractivity contribution is 6.00. The monoisotopic (exact) mass is 354 g/mol. The molecular formula is C19H18N2O5. The van der Waals surface area contributed by atoms with Crippen LogP contribution >= 0.6 is 0 Å². The Labute approximate surface area is 150 Å². The number of carbonyl (C=O) groups is 2. The molecule has 0 unspecified atom stereocenters. The van der Waals surface area contributed by atoms with E-state index >= 15 is 0 Å². The standard InChI is InChI=1S/C19H18N2O5/c1-19(2,12-4-6-15-16(8-12)26-10-25-15)21-18(23)11-3-5-14-13(7-11)20-17(22)9-24-14/h3-8H,9-10H2,1-2H3,(H,20,22)(H,21,23). The van der Waals surface area contributed by atoms with Gasteiger partial charge in [-0.15, -0.1) is 0 Å². The molecule has 0 aromatic heterocycles. The Morgan fingerprint density at radius 2 is 1.81 bits per heavy atom. The molecule has 2 aliphatic rings. The van der Waals surface area contributed by atoms with Crippen LogP contribution in [0.3, 0.4) is 0 Å². The Bertz CT molecular complexity index is 907. The van der Waals surface area contributed by atoms with Crippen molar-refractivity contribution in [1.29, 1.82) is 0 Å². The maximum Gasteiger partial charge on any atom is 0.262 e. The van der Waals surface area contributed by atoms with E-state index in [9.17, 15) is 9.59 Å². The largest absolute Gasteiger partial charge is 0.482 e. The number of carbonyl (C=O) groups excluding carboxylic acids is 2. The third-order valence-electron chi connectivity index (χ3n) is 4.39. The first-order valence-electron chi connectivity index (χ1n) is 8.22. The van der Waals surface area contributed by atoms with Gasteiger partial charge in [0, 0.05) is 5.56 Å². The van der Waals surface area contributed by atoms with Crippen molar-refractivity contribution in [3.63, 3.8) is 0 Å². The van der Waals surface area contributed by atoms with Crippen molar-refractivity contribution in [3.05, 3.63) is 47.5 Å². The molecule has 0 saturated carbocycles. The van der Waals surface area contributed by atoms with E-state index < -0.39 is 5.54 Å². The number of hydrogen-bond acceptors (Lipinski definition) is 5. The van der Waals surface area contributed by atoms with Crippen molar-refractivity contribution < 1.29 is 23.8 Å². The van der Waals surface area contributed by atoms with Gasteiger partial charge in [-0.25, -0.2) is 0 Å². The summed E-state index contributed by atoms with van der Waals surface area (Å²) in [5, 5.41) is 5.71. The Morgan fingerprint density at radius 1 is 1.04 bits per heavy atom. The normalized spacial score (nSPS) is 14.9. The smallest absolute Gasteiger partial charge is 0.262 e. The van der Waals surface area contributed by atoms with Gasteiger partial charge in [0.2, 0.25) is 6.79 Å². The maximum atomic E-state index is 12.7. The second kappa shape index (κ2) is 5.94. The first-order chi connectivity index (χ1) is 12.4. The van der Waals surface area contributed by atoms with Crippen LogP contribution in [0.15, 0.2) is 36.4 Å². The highest BCUT2D eigenvalue weighted by Crippen LogP contribution is 2.36. The molecule has 0 aliphatic carbocycles. The summed E-state index contributed by atoms with van der Waals surface area (Å²) in [6.45, 7) is 4.00. The van der Waals surface area contributed by atoms with E-state index in [2.05, 4.69) is 10.6 Å². The van der Waals surface area contributed by atoms with Gasteiger partial charge in [-0.2, -0.15) is 0 Å². The molecule has 2 aromatic rings. The SMILES string of the molecule is CC(C)(NC(=O)c1ccc2c(c1)NC(=O)CO2)c1ccc2c(c1)OCO2. The Hall–Kier alpha value is -3.22. The van der Waals surface area contributed by atoms with Crippen LogP contribution in [-0.2, 0) is 10.3 Å². The second-order valence-electron chi connectivity index (χ2n) is 6.69. The molecule has 4 rings (SSSR count). The molecule has 0 saturated heterocycles. The summed E-state index contributed by atoms with van der Waals surface area (Å²) in [4.78, 5) is 24.2. The van der Waals surface area contributed by atoms with Gasteiger partial charge in [0.25, 0.3) is 11.8 Å². The molecule has 0 spiro atoms. The molecule has 2 heterocycles. The lowest BCUT2D eigenvalue weighted by Crippen LogP contribution is -2.41. The van der Waals surface area contributed by atoms with Crippen LogP contribution < -0.4 is 24.8 Å². The molecule has 0 radical (unpaired) electrons. The lowest BCUT2D eigenvalue weighted by Gasteiger charge is -2.27. The zero-order valence-electron chi connectivity index (χ0n) is 14.4. The molecule has 134 valence electrons. The van der Waals surface area contributed by atoms with Crippen molar-refractivity contribution in [2.75, 3.05) is 18.7 Å². The number of anilines is 1. The minimum Gasteiger partial charge on any atom is -0.482 e. The van der Waals surface area contributed by atoms with Gasteiger partial charge in [-0.3, -0.25) is 9.59 Å². The number of rotatable bonds is 3. The second-order valence-corrected chi connectivity index (χ2v) is 6.69. The average Bonchev–Trinajstić information content (AvgIpc) is 3.08. The molecule has 2 amide bonds. The van der Waals surface area contributed by atoms with Gasteiger partial charge in [-0.1, -0.05) is 6.07 Å². The third-order valence-corrected chi connectivity index (χ3v) is 4.39. The summed E-state index contributed by atoms with van der Waals surface area (Å²) >= 11 is 0. The maximum absolute atomic E-state index is 12.7. The fourth-order valence-electron chi connectivity index (χ4n) is 2.94. The minimum atomic E-state index is -0.631. The molecule has 0 bridgehead atoms. The van der Waals surface area contributed by atoms with Crippen molar-refractivity contribution in [1.82, 2.24) is 5.32 Å². The first-order valence-corrected chi connectivity index (χ1v) is 8.22. The summed E-state index contributed by atoms with van der Waals surface area (Å²) in [6.07, 6.45) is 0. The van der Waals surface area contributed by atoms with Gasteiger partial charge in [-0.05, 0) is 49.7 Å². The van der Waals surface area contributed by atoms with E-state index in [4.69, 9.17) is 14.2 Å². The van der Waals surface area contributed by atoms with E-state index in [1.807, 2.05) is 32.0 Å². The Morgan fingerprint density at radius 3 is 2.65 bits per heavy atom. The quantitative estimate of drug-likeness (QED) is 0.884. The van der Waals surface area contributed by atoms with E-state index in [0.29, 0.717) is 28.5 Å². The van der Waals surface area contributed by atoms with Gasteiger partial charge in [0.05, 0.1) is 11.2 Å². The van der Waals surface area contributed by atoms with Crippen LogP contribution in [-0.4, -0.2) is 25.2 Å². The van der Waals surface area contributed by atoms with Crippen LogP contribution in [0.25, 0.3) is 0 Å². The fourth-order valence-corrected chi connectivity index (χ4v) is 2.94. The predicted molar refractivity (Wildman–Crippen MR) is 93.6 cm³/mol. The average molecular weight is 354 g/mol. The first kappa shape index (κ1) is 16.3. The van der Waals surface area contributed by atoms with E-state index in [1.165, 1.54) is 0 Å². The molecule has 7 heteroatoms. The molecular weight excluding hydrogens is 336 g/mol. The zero-order valence-corrected chi connectivity index (χ0v) is 14.4. The number of benzene rings is 2. The van der Waals surface area contributed by atoms with E-state index in [0.717, 1.165) is 5.56 Å². The molecule has 2 aromatic carbocycles. The molecule has 26 heavy (non-hydrogen) atoms. The zero-order chi connectivity index (χ0) is 18.3. The number of nitrogens with one attached hydrogen (secondary N) is 2. The van der Waals surface area contributed by atoms with Crippen LogP contribution in [0.4, 0.5) is 5.69 Å². The fraction of sp³-hybridized carbons (Fsp3) is 0.263. The summed E-state index contributed by atoms with van der Waals surface area (Å²) in [7, 11) is 0. The van der Waals surface area contributed by atoms with Crippen molar-refractivity contribution in [3.8, 4) is 17.2 Å². The third kappa shape index (κ3) is 2.92. The van der Waals surface area contributed by atoms with Crippen LogP contribution in [0.1, 0.15) is 29.8 Å². The van der Waals surface area contributed by atoms with E-state index in [1.54, 1.807) is 18.2 Å². The van der Waals surface area contributed by atoms with Crippen LogP contribution in [0, 0.1) is 0 Å². The lowest BCUT2D eigenvalue weighted by molar-refractivity contribution is -0.118. The van der Waals surface area contributed by atoms with Gasteiger partial charge < -0.3 is 24.8 Å². The minimum absolute atomic E-state index is 0.0182. The summed E-state index contributed by atoms with van der Waals surface area (Å²) in [5.41, 5.74) is 1.19. The van der Waals surface area contributed by atoms with Gasteiger partial charge in [0.1, 0.15) is 5.75 Å². The summed E-state index contributed by atoms with van der Waals surface area (Å²) in [6, 6.07) is 10.5. The molecule has 7 nitrogen and oxygen atoms in total. The summed E-state index contributed by atoms with van der Waals surface area (Å²) < 4.78 is 16.0. The lowest BCUT2D eigenvalue weighted by atomic mass is 9.93.